The van der Waals surface area contributed by atoms with Gasteiger partial charge in [0, 0.05) is 36.5 Å². The van der Waals surface area contributed by atoms with E-state index in [0.29, 0.717) is 12.0 Å². The standard InChI is InChI=1S/C24H31N3O/c1-16(28)26-18-8-10-23(2)17(14-18)4-5-19-20-6-7-22(27-13-12-25-15-27)24(20,3)11-9-21(19)23/h4,6-7,12-13,15,18-19,21H,5,8-11,14H2,1-3H3,(H,26,28). The Morgan fingerprint density at radius 1 is 1.25 bits per heavy atom. The Labute approximate surface area is 167 Å². The SMILES string of the molecule is CC(=O)NC1CCC2(C)C(=CCC3C4=CC=C(n5ccnc5)C4(C)CCC32)C1. The average molecular weight is 378 g/mol. The van der Waals surface area contributed by atoms with E-state index >= 15 is 0 Å². The first kappa shape index (κ1) is 18.0. The molecule has 0 bridgehead atoms. The molecule has 4 heteroatoms. The van der Waals surface area contributed by atoms with Crippen molar-refractivity contribution in [1.82, 2.24) is 14.9 Å². The van der Waals surface area contributed by atoms with Gasteiger partial charge in [0.2, 0.25) is 5.91 Å². The summed E-state index contributed by atoms with van der Waals surface area (Å²) < 4.78 is 2.20. The quantitative estimate of drug-likeness (QED) is 0.758. The minimum Gasteiger partial charge on any atom is -0.353 e. The molecule has 5 unspecified atom stereocenters. The van der Waals surface area contributed by atoms with Crippen LogP contribution in [0.15, 0.2) is 48.1 Å². The van der Waals surface area contributed by atoms with Crippen LogP contribution in [0, 0.1) is 22.7 Å². The molecule has 0 aliphatic heterocycles. The molecule has 5 rings (SSSR count). The Balaban J connectivity index is 1.43. The molecule has 0 saturated heterocycles. The van der Waals surface area contributed by atoms with Crippen LogP contribution in [0.1, 0.15) is 59.3 Å². The second kappa shape index (κ2) is 6.20. The third-order valence-corrected chi connectivity index (χ3v) is 8.30. The van der Waals surface area contributed by atoms with E-state index in [2.05, 4.69) is 53.1 Å². The van der Waals surface area contributed by atoms with E-state index in [4.69, 9.17) is 0 Å². The van der Waals surface area contributed by atoms with Crippen LogP contribution in [-0.4, -0.2) is 21.5 Å². The van der Waals surface area contributed by atoms with Gasteiger partial charge in [-0.1, -0.05) is 37.1 Å². The van der Waals surface area contributed by atoms with Crippen molar-refractivity contribution in [2.75, 3.05) is 0 Å². The lowest BCUT2D eigenvalue weighted by molar-refractivity contribution is -0.119. The molecule has 1 N–H and O–H groups in total. The van der Waals surface area contributed by atoms with Crippen molar-refractivity contribution in [1.29, 1.82) is 0 Å². The molecule has 4 aliphatic carbocycles. The van der Waals surface area contributed by atoms with E-state index in [9.17, 15) is 4.79 Å². The molecule has 1 aromatic rings. The summed E-state index contributed by atoms with van der Waals surface area (Å²) in [5, 5.41) is 3.16. The number of fused-ring (bicyclic) bond motifs is 5. The van der Waals surface area contributed by atoms with Crippen LogP contribution in [0.5, 0.6) is 0 Å². The number of hydrogen-bond acceptors (Lipinski definition) is 2. The summed E-state index contributed by atoms with van der Waals surface area (Å²) in [5.41, 5.74) is 5.04. The van der Waals surface area contributed by atoms with Gasteiger partial charge in [-0.2, -0.15) is 0 Å². The minimum atomic E-state index is 0.102. The van der Waals surface area contributed by atoms with Crippen molar-refractivity contribution in [3.63, 3.8) is 0 Å². The predicted molar refractivity (Wildman–Crippen MR) is 111 cm³/mol. The topological polar surface area (TPSA) is 46.9 Å². The number of imidazole rings is 1. The number of hydrogen-bond donors (Lipinski definition) is 1. The number of nitrogens with one attached hydrogen (secondary N) is 1. The van der Waals surface area contributed by atoms with Crippen LogP contribution in [0.4, 0.5) is 0 Å². The first-order valence-electron chi connectivity index (χ1n) is 10.8. The molecule has 148 valence electrons. The third-order valence-electron chi connectivity index (χ3n) is 8.30. The normalized spacial score (nSPS) is 39.1. The van der Waals surface area contributed by atoms with Crippen molar-refractivity contribution >= 4 is 11.6 Å². The molecule has 0 aromatic carbocycles. The number of allylic oxidation sites excluding steroid dienone is 5. The predicted octanol–water partition coefficient (Wildman–Crippen LogP) is 4.72. The molecule has 0 radical (unpaired) electrons. The van der Waals surface area contributed by atoms with Crippen LogP contribution in [-0.2, 0) is 4.79 Å². The zero-order chi connectivity index (χ0) is 19.5. The molecule has 1 amide bonds. The Morgan fingerprint density at radius 3 is 2.86 bits per heavy atom. The second-order valence-corrected chi connectivity index (χ2v) is 9.75. The summed E-state index contributed by atoms with van der Waals surface area (Å²) >= 11 is 0. The summed E-state index contributed by atoms with van der Waals surface area (Å²) in [6, 6.07) is 0.322. The number of rotatable bonds is 2. The highest BCUT2D eigenvalue weighted by Gasteiger charge is 2.54. The van der Waals surface area contributed by atoms with Gasteiger partial charge in [0.25, 0.3) is 0 Å². The number of carbonyl (C=O) groups is 1. The molecular weight excluding hydrogens is 346 g/mol. The Hall–Kier alpha value is -2.10. The lowest BCUT2D eigenvalue weighted by Crippen LogP contribution is -2.49. The molecule has 4 nitrogen and oxygen atoms in total. The van der Waals surface area contributed by atoms with Gasteiger partial charge in [0.15, 0.2) is 0 Å². The Kier molecular flexibility index (Phi) is 3.98. The highest BCUT2D eigenvalue weighted by atomic mass is 16.1. The molecule has 2 fully saturated rings. The molecule has 4 aliphatic rings. The smallest absolute Gasteiger partial charge is 0.217 e. The van der Waals surface area contributed by atoms with Crippen LogP contribution >= 0.6 is 0 Å². The van der Waals surface area contributed by atoms with Gasteiger partial charge >= 0.3 is 0 Å². The summed E-state index contributed by atoms with van der Waals surface area (Å²) in [7, 11) is 0. The van der Waals surface area contributed by atoms with Gasteiger partial charge in [0.1, 0.15) is 0 Å². The first-order chi connectivity index (χ1) is 13.4. The minimum absolute atomic E-state index is 0.102. The molecule has 1 heterocycles. The highest BCUT2D eigenvalue weighted by Crippen LogP contribution is 2.64. The molecule has 0 spiro atoms. The van der Waals surface area contributed by atoms with Crippen molar-refractivity contribution in [2.24, 2.45) is 22.7 Å². The van der Waals surface area contributed by atoms with Crippen molar-refractivity contribution in [3.8, 4) is 0 Å². The van der Waals surface area contributed by atoms with Gasteiger partial charge in [-0.3, -0.25) is 4.79 Å². The molecule has 1 aromatic heterocycles. The van der Waals surface area contributed by atoms with Crippen molar-refractivity contribution in [2.45, 2.75) is 65.3 Å². The lowest BCUT2D eigenvalue weighted by atomic mass is 9.49. The first-order valence-corrected chi connectivity index (χ1v) is 10.8. The van der Waals surface area contributed by atoms with Gasteiger partial charge in [-0.25, -0.2) is 4.98 Å². The van der Waals surface area contributed by atoms with Crippen LogP contribution < -0.4 is 5.32 Å². The second-order valence-electron chi connectivity index (χ2n) is 9.75. The maximum absolute atomic E-state index is 11.5. The van der Waals surface area contributed by atoms with E-state index in [0.717, 1.165) is 25.2 Å². The zero-order valence-electron chi connectivity index (χ0n) is 17.2. The summed E-state index contributed by atoms with van der Waals surface area (Å²) in [6.07, 6.45) is 20.1. The number of carbonyl (C=O) groups excluding carboxylic acids is 1. The van der Waals surface area contributed by atoms with Crippen molar-refractivity contribution < 1.29 is 4.79 Å². The third kappa shape index (κ3) is 2.49. The maximum Gasteiger partial charge on any atom is 0.217 e. The molecule has 28 heavy (non-hydrogen) atoms. The number of nitrogens with zero attached hydrogens (tertiary/aromatic N) is 2. The monoisotopic (exact) mass is 377 g/mol. The fraction of sp³-hybridized carbons (Fsp3) is 0.583. The van der Waals surface area contributed by atoms with E-state index < -0.39 is 0 Å². The van der Waals surface area contributed by atoms with Gasteiger partial charge < -0.3 is 9.88 Å². The summed E-state index contributed by atoms with van der Waals surface area (Å²) in [4.78, 5) is 15.8. The van der Waals surface area contributed by atoms with E-state index in [1.165, 1.54) is 25.0 Å². The van der Waals surface area contributed by atoms with Crippen molar-refractivity contribution in [3.05, 3.63) is 48.1 Å². The Bertz CT molecular complexity index is 893. The van der Waals surface area contributed by atoms with Crippen LogP contribution in [0.25, 0.3) is 5.70 Å². The fourth-order valence-corrected chi connectivity index (χ4v) is 6.83. The Morgan fingerprint density at radius 2 is 2.11 bits per heavy atom. The van der Waals surface area contributed by atoms with E-state index in [-0.39, 0.29) is 16.7 Å². The van der Waals surface area contributed by atoms with E-state index in [1.54, 1.807) is 18.1 Å². The number of amides is 1. The lowest BCUT2D eigenvalue weighted by Gasteiger charge is -2.56. The van der Waals surface area contributed by atoms with E-state index in [1.807, 2.05) is 12.5 Å². The highest BCUT2D eigenvalue weighted by molar-refractivity contribution is 5.73. The molecular formula is C24H31N3O. The largest absolute Gasteiger partial charge is 0.353 e. The number of aromatic nitrogens is 2. The maximum atomic E-state index is 11.5. The summed E-state index contributed by atoms with van der Waals surface area (Å²) in [6.45, 7) is 6.57. The van der Waals surface area contributed by atoms with Gasteiger partial charge in [-0.05, 0) is 61.9 Å². The zero-order valence-corrected chi connectivity index (χ0v) is 17.2. The average Bonchev–Trinajstić information content (AvgIpc) is 3.28. The fourth-order valence-electron chi connectivity index (χ4n) is 6.83. The van der Waals surface area contributed by atoms with Crippen LogP contribution in [0.3, 0.4) is 0 Å². The van der Waals surface area contributed by atoms with Crippen LogP contribution in [0.2, 0.25) is 0 Å². The van der Waals surface area contributed by atoms with Gasteiger partial charge in [0.05, 0.1) is 6.33 Å². The van der Waals surface area contributed by atoms with Gasteiger partial charge in [-0.15, -0.1) is 0 Å². The molecule has 2 saturated carbocycles. The summed E-state index contributed by atoms with van der Waals surface area (Å²) in [5.74, 6) is 1.47. The molecule has 5 atom stereocenters.